The highest BCUT2D eigenvalue weighted by Crippen LogP contribution is 2.27. The lowest BCUT2D eigenvalue weighted by Crippen LogP contribution is -2.61. The van der Waals surface area contributed by atoms with Gasteiger partial charge >= 0.3 is 0 Å². The van der Waals surface area contributed by atoms with Crippen LogP contribution in [0.1, 0.15) is 143 Å². The highest BCUT2D eigenvalue weighted by atomic mass is 16.5. The highest BCUT2D eigenvalue weighted by Gasteiger charge is 2.47. The molecule has 0 spiro atoms. The minimum absolute atomic E-state index is 0.0166. The van der Waals surface area contributed by atoms with Gasteiger partial charge in [0.15, 0.2) is 12.0 Å². The van der Waals surface area contributed by atoms with Gasteiger partial charge in [0.1, 0.15) is 54.3 Å². The number of aliphatic hydroxyl groups excluding tert-OH is 7. The molecule has 6 amide bonds. The number of unbranched alkanes of at least 4 members (excludes halogenated alkanes) is 5. The number of Topliss-reactive ketones (excluding diaryl/α,β-unsaturated/α-hetero) is 1. The van der Waals surface area contributed by atoms with Crippen LogP contribution in [0.15, 0.2) is 24.3 Å². The summed E-state index contributed by atoms with van der Waals surface area (Å²) in [6.45, 7) is 10.1. The number of β-amino-alcohol motifs (C(OH)–C–C–N with tert-alkyl or cyclic N) is 1. The first-order chi connectivity index (χ1) is 37.4. The molecule has 1 aromatic rings. The Kier molecular flexibility index (Phi) is 29.8. The fourth-order valence-electron chi connectivity index (χ4n) is 10.1. The third kappa shape index (κ3) is 21.5. The van der Waals surface area contributed by atoms with E-state index < -0.39 is 139 Å². The summed E-state index contributed by atoms with van der Waals surface area (Å²) in [6, 6.07) is -3.17. The number of carbonyl (C=O) groups excluding carboxylic acids is 7. The number of rotatable bonds is 36. The quantitative estimate of drug-likeness (QED) is 0.0286. The number of hydrogen-bond donors (Lipinski definition) is 14. The van der Waals surface area contributed by atoms with Gasteiger partial charge in [-0.1, -0.05) is 84.8 Å². The number of phenols is 1. The van der Waals surface area contributed by atoms with Crippen molar-refractivity contribution >= 4 is 41.2 Å². The third-order valence-electron chi connectivity index (χ3n) is 15.2. The van der Waals surface area contributed by atoms with Crippen molar-refractivity contribution in [3.63, 3.8) is 0 Å². The molecule has 0 bridgehead atoms. The Labute approximate surface area is 465 Å². The van der Waals surface area contributed by atoms with Crippen molar-refractivity contribution in [2.45, 2.75) is 211 Å². The Morgan fingerprint density at radius 3 is 2.01 bits per heavy atom. The molecule has 24 heteroatoms. The molecule has 24 nitrogen and oxygen atoms in total. The molecule has 0 saturated carbocycles. The molecule has 0 radical (unpaired) electrons. The molecule has 2 fully saturated rings. The van der Waals surface area contributed by atoms with E-state index >= 15 is 0 Å². The van der Waals surface area contributed by atoms with Crippen LogP contribution in [0, 0.1) is 17.8 Å². The maximum Gasteiger partial charge on any atom is 0.248 e. The molecule has 79 heavy (non-hydrogen) atoms. The number of phenolic OH excluding ortho intramolecular Hbond substituents is 1. The summed E-state index contributed by atoms with van der Waals surface area (Å²) in [5, 5.41) is 99.6. The Bertz CT molecular complexity index is 2070. The second-order valence-electron chi connectivity index (χ2n) is 21.9. The van der Waals surface area contributed by atoms with Crippen LogP contribution in [0.5, 0.6) is 5.75 Å². The van der Waals surface area contributed by atoms with Gasteiger partial charge in [-0.15, -0.1) is 0 Å². The Balaban J connectivity index is 1.87. The number of hydrogen-bond acceptors (Lipinski definition) is 18. The number of aliphatic hydroxyl groups is 7. The number of carbonyl (C=O) groups is 7. The number of likely N-dealkylation sites (N-methyl/N-ethyl adjacent to an activating group) is 1. The summed E-state index contributed by atoms with van der Waals surface area (Å²) >= 11 is 0. The molecule has 0 aromatic heterocycles. The zero-order valence-corrected chi connectivity index (χ0v) is 47.3. The van der Waals surface area contributed by atoms with Gasteiger partial charge < -0.3 is 87.7 Å². The first-order valence-corrected chi connectivity index (χ1v) is 28.2. The molecule has 2 aliphatic rings. The first kappa shape index (κ1) is 68.4. The van der Waals surface area contributed by atoms with E-state index in [9.17, 15) is 74.4 Å². The lowest BCUT2D eigenvalue weighted by atomic mass is 9.91. The highest BCUT2D eigenvalue weighted by molar-refractivity contribution is 5.96. The van der Waals surface area contributed by atoms with Gasteiger partial charge in [-0.25, -0.2) is 0 Å². The number of nitrogens with one attached hydrogen (secondary N) is 5. The van der Waals surface area contributed by atoms with Crippen LogP contribution in [-0.4, -0.2) is 205 Å². The monoisotopic (exact) mass is 1120 g/mol. The molecule has 16 atom stereocenters. The topological polar surface area (TPSA) is 383 Å². The predicted octanol–water partition coefficient (Wildman–Crippen LogP) is -0.898. The lowest BCUT2D eigenvalue weighted by Gasteiger charge is -2.33. The molecular formula is C55H94N8O16. The summed E-state index contributed by atoms with van der Waals surface area (Å²) in [6.07, 6.45) is -4.85. The number of amides is 6. The molecule has 0 aliphatic carbocycles. The smallest absolute Gasteiger partial charge is 0.248 e. The minimum Gasteiger partial charge on any atom is -0.508 e. The van der Waals surface area contributed by atoms with Gasteiger partial charge in [0.05, 0.1) is 36.9 Å². The van der Waals surface area contributed by atoms with E-state index in [0.717, 1.165) is 55.2 Å². The fraction of sp³-hybridized carbons (Fsp3) is 0.764. The van der Waals surface area contributed by atoms with Crippen molar-refractivity contribution in [3.05, 3.63) is 29.8 Å². The Morgan fingerprint density at radius 2 is 1.41 bits per heavy atom. The number of nitrogens with two attached hydrogens (primary N) is 1. The summed E-state index contributed by atoms with van der Waals surface area (Å²) in [5.74, 6) is -5.90. The second kappa shape index (κ2) is 34.4. The zero-order chi connectivity index (χ0) is 59.1. The lowest BCUT2D eigenvalue weighted by molar-refractivity contribution is -0.149. The molecule has 450 valence electrons. The van der Waals surface area contributed by atoms with Crippen molar-refractivity contribution in [3.8, 4) is 5.75 Å². The SMILES string of the molecule is CC[C@H](C)C[C@H](C)CCCCCCCCC(=O)N[C@@H](C[C@@H](O)[C@H](NC(=O)[C@@H]1[C@@H](O)CCN1C(=O)[C@@H](C)[C@H](O)CCN)OCCNC)C(=O)N[C@H](C(=O)N1C[C@H](O)C[C@H]1C(=O)N[C@H](C(C)=O)[C@H](O)[C@@H](O)c1ccc(O)cc1)[C@@H](C)O. The number of likely N-dealkylation sites (tertiary alicyclic amines) is 2. The average molecular weight is 1120 g/mol. The fourth-order valence-corrected chi connectivity index (χ4v) is 10.1. The number of benzene rings is 1. The summed E-state index contributed by atoms with van der Waals surface area (Å²) in [7, 11) is 1.62. The van der Waals surface area contributed by atoms with Gasteiger partial charge in [0, 0.05) is 38.9 Å². The molecule has 3 rings (SSSR count). The van der Waals surface area contributed by atoms with E-state index in [4.69, 9.17) is 10.5 Å². The van der Waals surface area contributed by atoms with Crippen LogP contribution in [0.4, 0.5) is 0 Å². The van der Waals surface area contributed by atoms with Crippen LogP contribution < -0.4 is 32.3 Å². The van der Waals surface area contributed by atoms with E-state index in [0.29, 0.717) is 24.7 Å². The number of ketones is 1. The predicted molar refractivity (Wildman–Crippen MR) is 291 cm³/mol. The van der Waals surface area contributed by atoms with Gasteiger partial charge in [-0.3, -0.25) is 33.6 Å². The van der Waals surface area contributed by atoms with Crippen molar-refractivity contribution in [1.29, 1.82) is 0 Å². The van der Waals surface area contributed by atoms with Crippen molar-refractivity contribution < 1.29 is 79.2 Å². The Morgan fingerprint density at radius 1 is 0.759 bits per heavy atom. The van der Waals surface area contributed by atoms with E-state index in [1.807, 2.05) is 0 Å². The standard InChI is InChI=1S/C55H94N8O16/c1-8-31(2)27-32(3)15-13-11-9-10-12-14-16-44(71)58-39(29-43(70)53(79-26-24-57-7)61-52(76)47-42(69)22-25-62(47)54(77)33(4)41(68)21-23-56)50(74)60-46(35(6)65)55(78)63-30-38(67)28-40(63)51(75)59-45(34(5)64)49(73)48(72)36-17-19-37(66)20-18-36/h17-20,31-33,35,38-43,45-49,53,57,65-70,72-73H,8-16,21-30,56H2,1-7H3,(H,58,71)(H,59,75)(H,60,74)(H,61,76)/t31-,32+,33-,35+,38+,39-,40-,41+,42-,43+,45+,46-,47-,48-,49-,53+/m0/s1. The summed E-state index contributed by atoms with van der Waals surface area (Å²) < 4.78 is 5.88. The third-order valence-corrected chi connectivity index (χ3v) is 15.2. The largest absolute Gasteiger partial charge is 0.508 e. The summed E-state index contributed by atoms with van der Waals surface area (Å²) in [5.41, 5.74) is 5.69. The maximum absolute atomic E-state index is 14.5. The van der Waals surface area contributed by atoms with E-state index in [-0.39, 0.29) is 63.2 Å². The Hall–Kier alpha value is -4.89. The molecule has 0 unspecified atom stereocenters. The molecular weight excluding hydrogens is 1030 g/mol. The number of aromatic hydroxyl groups is 1. The van der Waals surface area contributed by atoms with Crippen molar-refractivity contribution in [1.82, 2.24) is 36.4 Å². The normalized spacial score (nSPS) is 22.0. The summed E-state index contributed by atoms with van der Waals surface area (Å²) in [4.78, 5) is 98.8. The van der Waals surface area contributed by atoms with E-state index in [1.54, 1.807) is 7.05 Å². The van der Waals surface area contributed by atoms with Crippen LogP contribution in [0.25, 0.3) is 0 Å². The van der Waals surface area contributed by atoms with Crippen LogP contribution in [-0.2, 0) is 38.3 Å². The van der Waals surface area contributed by atoms with Gasteiger partial charge in [0.25, 0.3) is 0 Å². The number of nitrogens with zero attached hydrogens (tertiary/aromatic N) is 2. The minimum atomic E-state index is -1.92. The molecule has 2 saturated heterocycles. The molecule has 1 aromatic carbocycles. The van der Waals surface area contributed by atoms with Gasteiger partial charge in [-0.05, 0) is 82.7 Å². The van der Waals surface area contributed by atoms with Crippen molar-refractivity contribution in [2.75, 3.05) is 39.8 Å². The first-order valence-electron chi connectivity index (χ1n) is 28.2. The molecule has 15 N–H and O–H groups in total. The average Bonchev–Trinajstić information content (AvgIpc) is 4.00. The maximum atomic E-state index is 14.5. The molecule has 2 aliphatic heterocycles. The van der Waals surface area contributed by atoms with Gasteiger partial charge in [0.2, 0.25) is 35.4 Å². The number of ether oxygens (including phenoxy) is 1. The van der Waals surface area contributed by atoms with Crippen LogP contribution in [0.3, 0.4) is 0 Å². The second-order valence-corrected chi connectivity index (χ2v) is 21.9. The molecule has 2 heterocycles. The van der Waals surface area contributed by atoms with E-state index in [2.05, 4.69) is 47.4 Å². The van der Waals surface area contributed by atoms with Crippen LogP contribution >= 0.6 is 0 Å². The van der Waals surface area contributed by atoms with Crippen molar-refractivity contribution in [2.24, 2.45) is 23.5 Å². The van der Waals surface area contributed by atoms with Gasteiger partial charge in [-0.2, -0.15) is 0 Å². The zero-order valence-electron chi connectivity index (χ0n) is 47.3. The van der Waals surface area contributed by atoms with E-state index in [1.165, 1.54) is 44.5 Å². The van der Waals surface area contributed by atoms with Crippen LogP contribution in [0.2, 0.25) is 0 Å².